The monoisotopic (exact) mass is 240 g/mol. The molecule has 0 atom stereocenters. The van der Waals surface area contributed by atoms with Gasteiger partial charge in [0.15, 0.2) is 0 Å². The molecule has 0 aromatic heterocycles. The van der Waals surface area contributed by atoms with Crippen LogP contribution in [0.4, 0.5) is 5.69 Å². The Balaban J connectivity index is 2.40. The highest BCUT2D eigenvalue weighted by Crippen LogP contribution is 2.20. The van der Waals surface area contributed by atoms with Crippen LogP contribution in [-0.4, -0.2) is 11.9 Å². The van der Waals surface area contributed by atoms with E-state index >= 15 is 0 Å². The minimum atomic E-state index is -1.15. The molecule has 1 amide bonds. The Morgan fingerprint density at radius 1 is 1.25 bits per heavy atom. The first-order valence-corrected chi connectivity index (χ1v) is 5.21. The van der Waals surface area contributed by atoms with E-state index in [0.29, 0.717) is 10.7 Å². The molecule has 0 saturated heterocycles. The van der Waals surface area contributed by atoms with Crippen LogP contribution in [-0.2, 0) is 9.59 Å². The highest BCUT2D eigenvalue weighted by molar-refractivity contribution is 6.33. The van der Waals surface area contributed by atoms with Crippen molar-refractivity contribution in [2.45, 2.75) is 19.3 Å². The molecule has 0 heterocycles. The van der Waals surface area contributed by atoms with Crippen LogP contribution in [0.25, 0.3) is 0 Å². The van der Waals surface area contributed by atoms with Gasteiger partial charge in [-0.2, -0.15) is 0 Å². The Morgan fingerprint density at radius 2 is 1.94 bits per heavy atom. The maximum Gasteiger partial charge on any atom is 0.224 e. The summed E-state index contributed by atoms with van der Waals surface area (Å²) in [5.41, 5.74) is 0.530. The third kappa shape index (κ3) is 4.31. The smallest absolute Gasteiger partial charge is 0.224 e. The van der Waals surface area contributed by atoms with Gasteiger partial charge in [0, 0.05) is 12.4 Å². The molecule has 0 saturated carbocycles. The number of para-hydroxylation sites is 1. The third-order valence-electron chi connectivity index (χ3n) is 1.93. The number of carbonyl (C=O) groups excluding carboxylic acids is 2. The lowest BCUT2D eigenvalue weighted by Gasteiger charge is -2.06. The number of carboxylic acid groups (broad SMARTS) is 1. The molecule has 5 heteroatoms. The summed E-state index contributed by atoms with van der Waals surface area (Å²) < 4.78 is 0. The molecule has 0 bridgehead atoms. The minimum Gasteiger partial charge on any atom is -0.550 e. The lowest BCUT2D eigenvalue weighted by Crippen LogP contribution is -2.22. The zero-order valence-electron chi connectivity index (χ0n) is 8.53. The van der Waals surface area contributed by atoms with E-state index in [2.05, 4.69) is 5.32 Å². The van der Waals surface area contributed by atoms with E-state index in [1.807, 2.05) is 0 Å². The maximum absolute atomic E-state index is 11.4. The molecule has 16 heavy (non-hydrogen) atoms. The van der Waals surface area contributed by atoms with Crippen molar-refractivity contribution in [3.05, 3.63) is 29.3 Å². The first-order chi connectivity index (χ1) is 7.59. The average Bonchev–Trinajstić information content (AvgIpc) is 2.21. The van der Waals surface area contributed by atoms with Gasteiger partial charge in [0.05, 0.1) is 10.7 Å². The molecular formula is C11H11ClNO3-. The van der Waals surface area contributed by atoms with Crippen molar-refractivity contribution >= 4 is 29.2 Å². The molecule has 4 nitrogen and oxygen atoms in total. The van der Waals surface area contributed by atoms with E-state index in [1.165, 1.54) is 0 Å². The summed E-state index contributed by atoms with van der Waals surface area (Å²) in [5.74, 6) is -1.40. The molecule has 1 aromatic rings. The number of nitrogens with one attached hydrogen (secondary N) is 1. The molecular weight excluding hydrogens is 230 g/mol. The molecule has 86 valence electrons. The van der Waals surface area contributed by atoms with Crippen molar-refractivity contribution in [3.8, 4) is 0 Å². The summed E-state index contributed by atoms with van der Waals surface area (Å²) in [4.78, 5) is 21.5. The van der Waals surface area contributed by atoms with Crippen molar-refractivity contribution < 1.29 is 14.7 Å². The highest BCUT2D eigenvalue weighted by atomic mass is 35.5. The fourth-order valence-corrected chi connectivity index (χ4v) is 1.35. The average molecular weight is 241 g/mol. The van der Waals surface area contributed by atoms with Crippen molar-refractivity contribution in [1.29, 1.82) is 0 Å². The molecule has 0 radical (unpaired) electrons. The van der Waals surface area contributed by atoms with Crippen molar-refractivity contribution in [2.24, 2.45) is 0 Å². The van der Waals surface area contributed by atoms with Gasteiger partial charge >= 0.3 is 0 Å². The molecule has 1 N–H and O–H groups in total. The first kappa shape index (κ1) is 12.5. The fraction of sp³-hybridized carbons (Fsp3) is 0.273. The highest BCUT2D eigenvalue weighted by Gasteiger charge is 2.04. The molecule has 1 rings (SSSR count). The summed E-state index contributed by atoms with van der Waals surface area (Å²) in [7, 11) is 0. The van der Waals surface area contributed by atoms with Gasteiger partial charge in [0.25, 0.3) is 0 Å². The number of amides is 1. The summed E-state index contributed by atoms with van der Waals surface area (Å²) in [6.45, 7) is 0. The summed E-state index contributed by atoms with van der Waals surface area (Å²) >= 11 is 5.83. The quantitative estimate of drug-likeness (QED) is 0.841. The first-order valence-electron chi connectivity index (χ1n) is 4.84. The van der Waals surface area contributed by atoms with Crippen LogP contribution in [0.15, 0.2) is 24.3 Å². The molecule has 0 spiro atoms. The number of hydrogen-bond acceptors (Lipinski definition) is 3. The minimum absolute atomic E-state index is 0.115. The lowest BCUT2D eigenvalue weighted by molar-refractivity contribution is -0.305. The summed E-state index contributed by atoms with van der Waals surface area (Å²) in [5, 5.41) is 13.2. The summed E-state index contributed by atoms with van der Waals surface area (Å²) in [6.07, 6.45) is 0.285. The van der Waals surface area contributed by atoms with Crippen LogP contribution in [0, 0.1) is 0 Å². The Morgan fingerprint density at radius 3 is 2.56 bits per heavy atom. The maximum atomic E-state index is 11.4. The van der Waals surface area contributed by atoms with E-state index in [4.69, 9.17) is 11.6 Å². The van der Waals surface area contributed by atoms with E-state index in [-0.39, 0.29) is 25.2 Å². The SMILES string of the molecule is O=C([O-])CCCC(=O)Nc1ccccc1Cl. The Kier molecular flexibility index (Phi) is 4.79. The van der Waals surface area contributed by atoms with Crippen molar-refractivity contribution in [1.82, 2.24) is 0 Å². The predicted molar refractivity (Wildman–Crippen MR) is 58.9 cm³/mol. The number of anilines is 1. The van der Waals surface area contributed by atoms with Gasteiger partial charge in [-0.1, -0.05) is 23.7 Å². The van der Waals surface area contributed by atoms with E-state index < -0.39 is 5.97 Å². The number of carboxylic acids is 1. The van der Waals surface area contributed by atoms with Gasteiger partial charge in [-0.05, 0) is 25.0 Å². The van der Waals surface area contributed by atoms with Gasteiger partial charge in [-0.15, -0.1) is 0 Å². The number of benzene rings is 1. The second-order valence-electron chi connectivity index (χ2n) is 3.25. The van der Waals surface area contributed by atoms with Crippen LogP contribution in [0.1, 0.15) is 19.3 Å². The standard InChI is InChI=1S/C11H12ClNO3/c12-8-4-1-2-5-9(8)13-10(14)6-3-7-11(15)16/h1-2,4-5H,3,6-7H2,(H,13,14)(H,15,16)/p-1. The number of halogens is 1. The van der Waals surface area contributed by atoms with Gasteiger partial charge in [0.2, 0.25) is 5.91 Å². The van der Waals surface area contributed by atoms with Gasteiger partial charge < -0.3 is 15.2 Å². The normalized spacial score (nSPS) is 9.81. The second-order valence-corrected chi connectivity index (χ2v) is 3.66. The van der Waals surface area contributed by atoms with E-state index in [0.717, 1.165) is 0 Å². The third-order valence-corrected chi connectivity index (χ3v) is 2.26. The van der Waals surface area contributed by atoms with Crippen molar-refractivity contribution in [3.63, 3.8) is 0 Å². The number of carbonyl (C=O) groups is 2. The van der Waals surface area contributed by atoms with Gasteiger partial charge in [0.1, 0.15) is 0 Å². The lowest BCUT2D eigenvalue weighted by atomic mass is 10.2. The molecule has 0 fully saturated rings. The zero-order valence-corrected chi connectivity index (χ0v) is 9.29. The molecule has 0 aliphatic carbocycles. The Hall–Kier alpha value is -1.55. The van der Waals surface area contributed by atoms with Crippen molar-refractivity contribution in [2.75, 3.05) is 5.32 Å². The number of rotatable bonds is 5. The number of hydrogen-bond donors (Lipinski definition) is 1. The fourth-order valence-electron chi connectivity index (χ4n) is 1.17. The van der Waals surface area contributed by atoms with Crippen LogP contribution in [0.2, 0.25) is 5.02 Å². The predicted octanol–water partition coefficient (Wildman–Crippen LogP) is 1.20. The van der Waals surface area contributed by atoms with E-state index in [1.54, 1.807) is 24.3 Å². The Bertz CT molecular complexity index is 393. The topological polar surface area (TPSA) is 69.2 Å². The van der Waals surface area contributed by atoms with Crippen LogP contribution >= 0.6 is 11.6 Å². The molecule has 0 aliphatic heterocycles. The van der Waals surface area contributed by atoms with Crippen LogP contribution in [0.3, 0.4) is 0 Å². The zero-order chi connectivity index (χ0) is 12.0. The van der Waals surface area contributed by atoms with E-state index in [9.17, 15) is 14.7 Å². The van der Waals surface area contributed by atoms with Gasteiger partial charge in [-0.25, -0.2) is 0 Å². The largest absolute Gasteiger partial charge is 0.550 e. The summed E-state index contributed by atoms with van der Waals surface area (Å²) in [6, 6.07) is 6.86. The molecule has 0 aliphatic rings. The number of aliphatic carboxylic acids is 1. The van der Waals surface area contributed by atoms with Gasteiger partial charge in [-0.3, -0.25) is 4.79 Å². The molecule has 1 aromatic carbocycles. The second kappa shape index (κ2) is 6.12. The van der Waals surface area contributed by atoms with Crippen LogP contribution < -0.4 is 10.4 Å². The molecule has 0 unspecified atom stereocenters. The van der Waals surface area contributed by atoms with Crippen LogP contribution in [0.5, 0.6) is 0 Å². The Labute approximate surface area is 98.2 Å².